The van der Waals surface area contributed by atoms with E-state index >= 15 is 0 Å². The normalized spacial score (nSPS) is 19.3. The van der Waals surface area contributed by atoms with Gasteiger partial charge in [0.15, 0.2) is 0 Å². The number of nitrogens with two attached hydrogens (primary N) is 1. The molecule has 4 nitrogen and oxygen atoms in total. The van der Waals surface area contributed by atoms with E-state index in [-0.39, 0.29) is 5.54 Å². The predicted octanol–water partition coefficient (Wildman–Crippen LogP) is 1.90. The first-order valence-electron chi connectivity index (χ1n) is 7.02. The summed E-state index contributed by atoms with van der Waals surface area (Å²) in [6.45, 7) is 2.04. The molecule has 0 aliphatic heterocycles. The summed E-state index contributed by atoms with van der Waals surface area (Å²) in [7, 11) is 4.12. The van der Waals surface area contributed by atoms with Gasteiger partial charge in [0.05, 0.1) is 6.20 Å². The van der Waals surface area contributed by atoms with E-state index in [0.29, 0.717) is 0 Å². The molecule has 2 N–H and O–H groups in total. The summed E-state index contributed by atoms with van der Waals surface area (Å²) in [4.78, 5) is 2.35. The first kappa shape index (κ1) is 13.6. The number of aromatic nitrogens is 2. The van der Waals surface area contributed by atoms with Gasteiger partial charge in [0.2, 0.25) is 0 Å². The Kier molecular flexibility index (Phi) is 4.40. The first-order chi connectivity index (χ1) is 8.57. The molecule has 18 heavy (non-hydrogen) atoms. The molecule has 0 unspecified atom stereocenters. The van der Waals surface area contributed by atoms with Crippen molar-refractivity contribution in [1.82, 2.24) is 14.7 Å². The molecular formula is C14H26N4. The minimum absolute atomic E-state index is 0.0987. The van der Waals surface area contributed by atoms with Crippen molar-refractivity contribution >= 4 is 0 Å². The monoisotopic (exact) mass is 250 g/mol. The van der Waals surface area contributed by atoms with E-state index in [1.807, 2.05) is 17.9 Å². The largest absolute Gasteiger partial charge is 0.325 e. The molecule has 0 saturated heterocycles. The van der Waals surface area contributed by atoms with Crippen LogP contribution in [0.25, 0.3) is 0 Å². The maximum atomic E-state index is 6.46. The van der Waals surface area contributed by atoms with Crippen molar-refractivity contribution in [3.05, 3.63) is 18.0 Å². The molecule has 0 spiro atoms. The predicted molar refractivity (Wildman–Crippen MR) is 74.2 cm³/mol. The van der Waals surface area contributed by atoms with E-state index < -0.39 is 0 Å². The second-order valence-electron chi connectivity index (χ2n) is 5.93. The molecule has 0 bridgehead atoms. The summed E-state index contributed by atoms with van der Waals surface area (Å²) in [6.07, 6.45) is 11.5. The van der Waals surface area contributed by atoms with E-state index in [9.17, 15) is 0 Å². The van der Waals surface area contributed by atoms with Gasteiger partial charge in [-0.3, -0.25) is 4.68 Å². The average Bonchev–Trinajstić information content (AvgIpc) is 2.73. The molecule has 0 atom stereocenters. The Hall–Kier alpha value is -0.870. The smallest absolute Gasteiger partial charge is 0.0534 e. The molecule has 1 heterocycles. The van der Waals surface area contributed by atoms with Gasteiger partial charge in [-0.05, 0) is 32.9 Å². The summed E-state index contributed by atoms with van der Waals surface area (Å²) in [5, 5.41) is 4.20. The zero-order valence-corrected chi connectivity index (χ0v) is 11.7. The quantitative estimate of drug-likeness (QED) is 0.868. The third-order valence-electron chi connectivity index (χ3n) is 4.05. The van der Waals surface area contributed by atoms with Crippen LogP contribution >= 0.6 is 0 Å². The Morgan fingerprint density at radius 2 is 2.11 bits per heavy atom. The molecule has 1 aliphatic rings. The van der Waals surface area contributed by atoms with E-state index in [4.69, 9.17) is 5.73 Å². The average molecular weight is 250 g/mol. The van der Waals surface area contributed by atoms with Crippen molar-refractivity contribution in [1.29, 1.82) is 0 Å². The minimum atomic E-state index is 0.0987. The summed E-state index contributed by atoms with van der Waals surface area (Å²) in [5.41, 5.74) is 7.83. The maximum absolute atomic E-state index is 6.46. The highest BCUT2D eigenvalue weighted by atomic mass is 15.2. The fourth-order valence-corrected chi connectivity index (χ4v) is 2.86. The SMILES string of the molecule is CN(CCC1(N)CCCCC1)Cc1cnn(C)c1. The maximum Gasteiger partial charge on any atom is 0.0534 e. The van der Waals surface area contributed by atoms with Gasteiger partial charge < -0.3 is 10.6 Å². The number of hydrogen-bond donors (Lipinski definition) is 1. The molecule has 0 aromatic carbocycles. The summed E-state index contributed by atoms with van der Waals surface area (Å²) >= 11 is 0. The summed E-state index contributed by atoms with van der Waals surface area (Å²) < 4.78 is 1.86. The summed E-state index contributed by atoms with van der Waals surface area (Å²) in [6, 6.07) is 0. The molecule has 1 fully saturated rings. The van der Waals surface area contributed by atoms with Gasteiger partial charge >= 0.3 is 0 Å². The van der Waals surface area contributed by atoms with Crippen molar-refractivity contribution in [2.24, 2.45) is 12.8 Å². The van der Waals surface area contributed by atoms with E-state index in [2.05, 4.69) is 23.2 Å². The minimum Gasteiger partial charge on any atom is -0.325 e. The van der Waals surface area contributed by atoms with Gasteiger partial charge in [-0.2, -0.15) is 5.10 Å². The zero-order chi connectivity index (χ0) is 13.0. The zero-order valence-electron chi connectivity index (χ0n) is 11.7. The van der Waals surface area contributed by atoms with E-state index in [1.54, 1.807) is 0 Å². The highest BCUT2D eigenvalue weighted by Gasteiger charge is 2.27. The molecule has 0 radical (unpaired) electrons. The number of nitrogens with zero attached hydrogens (tertiary/aromatic N) is 3. The van der Waals surface area contributed by atoms with Crippen LogP contribution in [0.4, 0.5) is 0 Å². The lowest BCUT2D eigenvalue weighted by molar-refractivity contribution is 0.226. The second kappa shape index (κ2) is 5.85. The van der Waals surface area contributed by atoms with E-state index in [1.165, 1.54) is 37.7 Å². The van der Waals surface area contributed by atoms with Crippen molar-refractivity contribution in [2.75, 3.05) is 13.6 Å². The van der Waals surface area contributed by atoms with Crippen LogP contribution in [0, 0.1) is 0 Å². The summed E-state index contributed by atoms with van der Waals surface area (Å²) in [5.74, 6) is 0. The molecule has 1 aliphatic carbocycles. The van der Waals surface area contributed by atoms with Crippen LogP contribution in [0.2, 0.25) is 0 Å². The van der Waals surface area contributed by atoms with Crippen molar-refractivity contribution in [3.63, 3.8) is 0 Å². The van der Waals surface area contributed by atoms with Gasteiger partial charge in [0, 0.05) is 30.9 Å². The number of aryl methyl sites for hydroxylation is 1. The van der Waals surface area contributed by atoms with Crippen LogP contribution in [0.15, 0.2) is 12.4 Å². The van der Waals surface area contributed by atoms with Crippen molar-refractivity contribution < 1.29 is 0 Å². The molecule has 1 aromatic rings. The lowest BCUT2D eigenvalue weighted by Crippen LogP contribution is -2.44. The number of hydrogen-bond acceptors (Lipinski definition) is 3. The second-order valence-corrected chi connectivity index (χ2v) is 5.93. The first-order valence-corrected chi connectivity index (χ1v) is 7.02. The Labute approximate surface area is 110 Å². The molecule has 1 saturated carbocycles. The third-order valence-corrected chi connectivity index (χ3v) is 4.05. The van der Waals surface area contributed by atoms with Gasteiger partial charge in [0.25, 0.3) is 0 Å². The van der Waals surface area contributed by atoms with Gasteiger partial charge in [-0.1, -0.05) is 19.3 Å². The van der Waals surface area contributed by atoms with Crippen LogP contribution in [0.5, 0.6) is 0 Å². The highest BCUT2D eigenvalue weighted by molar-refractivity contribution is 5.03. The van der Waals surface area contributed by atoms with Crippen LogP contribution in [0.3, 0.4) is 0 Å². The Morgan fingerprint density at radius 1 is 1.39 bits per heavy atom. The van der Waals surface area contributed by atoms with Crippen LogP contribution in [0.1, 0.15) is 44.1 Å². The fraction of sp³-hybridized carbons (Fsp3) is 0.786. The highest BCUT2D eigenvalue weighted by Crippen LogP contribution is 2.28. The van der Waals surface area contributed by atoms with Crippen molar-refractivity contribution in [3.8, 4) is 0 Å². The van der Waals surface area contributed by atoms with Crippen LogP contribution in [-0.4, -0.2) is 33.8 Å². The Balaban J connectivity index is 1.75. The van der Waals surface area contributed by atoms with Gasteiger partial charge in [-0.15, -0.1) is 0 Å². The third kappa shape index (κ3) is 3.82. The van der Waals surface area contributed by atoms with Crippen LogP contribution < -0.4 is 5.73 Å². The molecule has 2 rings (SSSR count). The standard InChI is InChI=1S/C14H26N4/c1-17(11-13-10-16-18(2)12-13)9-8-14(15)6-4-3-5-7-14/h10,12H,3-9,11,15H2,1-2H3. The molecular weight excluding hydrogens is 224 g/mol. The molecule has 102 valence electrons. The van der Waals surface area contributed by atoms with Crippen LogP contribution in [-0.2, 0) is 13.6 Å². The molecule has 1 aromatic heterocycles. The van der Waals surface area contributed by atoms with Gasteiger partial charge in [0.1, 0.15) is 0 Å². The van der Waals surface area contributed by atoms with Crippen molar-refractivity contribution in [2.45, 2.75) is 50.6 Å². The van der Waals surface area contributed by atoms with Gasteiger partial charge in [-0.25, -0.2) is 0 Å². The van der Waals surface area contributed by atoms with E-state index in [0.717, 1.165) is 19.5 Å². The lowest BCUT2D eigenvalue weighted by atomic mass is 9.80. The topological polar surface area (TPSA) is 47.1 Å². The molecule has 4 heteroatoms. The fourth-order valence-electron chi connectivity index (χ4n) is 2.86. The Bertz CT molecular complexity index is 366. The lowest BCUT2D eigenvalue weighted by Gasteiger charge is -2.34. The molecule has 0 amide bonds. The Morgan fingerprint density at radius 3 is 2.72 bits per heavy atom. The number of rotatable bonds is 5.